The van der Waals surface area contributed by atoms with Gasteiger partial charge in [-0.2, -0.15) is 0 Å². The molecule has 0 spiro atoms. The summed E-state index contributed by atoms with van der Waals surface area (Å²) < 4.78 is 0. The summed E-state index contributed by atoms with van der Waals surface area (Å²) in [6, 6.07) is 9.24. The Kier molecular flexibility index (Phi) is 5.53. The number of carbonyl (C=O) groups is 1. The second-order valence-electron chi connectivity index (χ2n) is 3.69. The molecule has 0 aliphatic rings. The maximum absolute atomic E-state index is 10.9. The number of carboxylic acid groups (broad SMARTS) is 1. The Hall–Kier alpha value is -1.39. The summed E-state index contributed by atoms with van der Waals surface area (Å²) in [4.78, 5) is 10.9. The second kappa shape index (κ2) is 6.98. The lowest BCUT2D eigenvalue weighted by atomic mass is 10.1. The van der Waals surface area contributed by atoms with Crippen LogP contribution in [0.2, 0.25) is 0 Å². The molecule has 0 aromatic heterocycles. The number of nitrogens with one attached hydrogen (secondary N) is 1. The first-order valence-electron chi connectivity index (χ1n) is 5.44. The highest BCUT2D eigenvalue weighted by atomic mass is 16.4. The average molecular weight is 222 g/mol. The number of hydrogen-bond acceptors (Lipinski definition) is 3. The van der Waals surface area contributed by atoms with Crippen molar-refractivity contribution in [3.05, 3.63) is 35.9 Å². The van der Waals surface area contributed by atoms with Crippen LogP contribution >= 0.6 is 0 Å². The number of rotatable bonds is 7. The quantitative estimate of drug-likeness (QED) is 0.642. The highest BCUT2D eigenvalue weighted by Crippen LogP contribution is 2.01. The van der Waals surface area contributed by atoms with Crippen LogP contribution in [-0.2, 0) is 11.3 Å². The molecule has 0 saturated heterocycles. The van der Waals surface area contributed by atoms with Crippen LogP contribution < -0.4 is 11.1 Å². The van der Waals surface area contributed by atoms with Crippen molar-refractivity contribution < 1.29 is 9.90 Å². The van der Waals surface area contributed by atoms with E-state index in [1.165, 1.54) is 0 Å². The van der Waals surface area contributed by atoms with Gasteiger partial charge in [0.25, 0.3) is 0 Å². The van der Waals surface area contributed by atoms with Gasteiger partial charge in [-0.1, -0.05) is 30.3 Å². The molecule has 0 bridgehead atoms. The molecule has 4 N–H and O–H groups in total. The standard InChI is InChI=1S/C12H18N2O2/c13-8-4-7-11(12(15)16)14-9-10-5-2-1-3-6-10/h1-3,5-6,11,14H,4,7-9,13H2,(H,15,16)/t11-/m0/s1. The summed E-state index contributed by atoms with van der Waals surface area (Å²) in [5.41, 5.74) is 6.45. The smallest absolute Gasteiger partial charge is 0.320 e. The van der Waals surface area contributed by atoms with Crippen LogP contribution in [0.25, 0.3) is 0 Å². The molecule has 88 valence electrons. The summed E-state index contributed by atoms with van der Waals surface area (Å²) in [5.74, 6) is -0.815. The van der Waals surface area contributed by atoms with E-state index in [0.717, 1.165) is 12.0 Å². The van der Waals surface area contributed by atoms with Gasteiger partial charge in [0.2, 0.25) is 0 Å². The molecule has 0 saturated carbocycles. The minimum absolute atomic E-state index is 0.510. The minimum Gasteiger partial charge on any atom is -0.480 e. The molecule has 1 rings (SSSR count). The third-order valence-electron chi connectivity index (χ3n) is 2.39. The van der Waals surface area contributed by atoms with Crippen molar-refractivity contribution in [3.8, 4) is 0 Å². The zero-order valence-electron chi connectivity index (χ0n) is 9.23. The van der Waals surface area contributed by atoms with Gasteiger partial charge >= 0.3 is 5.97 Å². The van der Waals surface area contributed by atoms with E-state index in [-0.39, 0.29) is 0 Å². The van der Waals surface area contributed by atoms with E-state index in [2.05, 4.69) is 5.32 Å². The third-order valence-corrected chi connectivity index (χ3v) is 2.39. The second-order valence-corrected chi connectivity index (χ2v) is 3.69. The van der Waals surface area contributed by atoms with Crippen molar-refractivity contribution in [1.29, 1.82) is 0 Å². The van der Waals surface area contributed by atoms with Crippen LogP contribution in [0, 0.1) is 0 Å². The first-order chi connectivity index (χ1) is 7.74. The van der Waals surface area contributed by atoms with Gasteiger partial charge in [0.05, 0.1) is 0 Å². The molecule has 4 nitrogen and oxygen atoms in total. The fraction of sp³-hybridized carbons (Fsp3) is 0.417. The molecule has 1 atom stereocenters. The molecule has 0 amide bonds. The maximum Gasteiger partial charge on any atom is 0.320 e. The summed E-state index contributed by atoms with van der Waals surface area (Å²) >= 11 is 0. The number of carboxylic acids is 1. The lowest BCUT2D eigenvalue weighted by Gasteiger charge is -2.13. The van der Waals surface area contributed by atoms with Crippen LogP contribution in [0.15, 0.2) is 30.3 Å². The fourth-order valence-electron chi connectivity index (χ4n) is 1.47. The van der Waals surface area contributed by atoms with Crippen LogP contribution in [-0.4, -0.2) is 23.7 Å². The Morgan fingerprint density at radius 3 is 2.62 bits per heavy atom. The SMILES string of the molecule is NCCC[C@H](NCc1ccccc1)C(=O)O. The number of aliphatic carboxylic acids is 1. The van der Waals surface area contributed by atoms with Gasteiger partial charge < -0.3 is 16.2 Å². The predicted molar refractivity (Wildman–Crippen MR) is 63.0 cm³/mol. The van der Waals surface area contributed by atoms with Gasteiger partial charge in [-0.05, 0) is 24.9 Å². The van der Waals surface area contributed by atoms with Crippen LogP contribution in [0.1, 0.15) is 18.4 Å². The van der Waals surface area contributed by atoms with Gasteiger partial charge in [-0.25, -0.2) is 0 Å². The molecule has 1 aromatic carbocycles. The van der Waals surface area contributed by atoms with Crippen molar-refractivity contribution in [1.82, 2.24) is 5.32 Å². The van der Waals surface area contributed by atoms with Gasteiger partial charge in [-0.15, -0.1) is 0 Å². The predicted octanol–water partition coefficient (Wildman–Crippen LogP) is 0.968. The first kappa shape index (κ1) is 12.7. The van der Waals surface area contributed by atoms with Crippen molar-refractivity contribution in [3.63, 3.8) is 0 Å². The molecule has 0 heterocycles. The topological polar surface area (TPSA) is 75.3 Å². The summed E-state index contributed by atoms with van der Waals surface area (Å²) in [6.45, 7) is 1.10. The van der Waals surface area contributed by atoms with Crippen LogP contribution in [0.4, 0.5) is 0 Å². The van der Waals surface area contributed by atoms with E-state index >= 15 is 0 Å². The highest BCUT2D eigenvalue weighted by molar-refractivity contribution is 5.73. The van der Waals surface area contributed by atoms with E-state index in [1.54, 1.807) is 0 Å². The van der Waals surface area contributed by atoms with E-state index < -0.39 is 12.0 Å². The zero-order valence-corrected chi connectivity index (χ0v) is 9.23. The molecule has 16 heavy (non-hydrogen) atoms. The molecular formula is C12H18N2O2. The van der Waals surface area contributed by atoms with Gasteiger partial charge in [0, 0.05) is 6.54 Å². The molecule has 0 aliphatic carbocycles. The molecule has 1 aromatic rings. The maximum atomic E-state index is 10.9. The fourth-order valence-corrected chi connectivity index (χ4v) is 1.47. The van der Waals surface area contributed by atoms with Crippen LogP contribution in [0.5, 0.6) is 0 Å². The van der Waals surface area contributed by atoms with E-state index in [1.807, 2.05) is 30.3 Å². The molecule has 0 aliphatic heterocycles. The Bertz CT molecular complexity index is 314. The Balaban J connectivity index is 2.41. The van der Waals surface area contributed by atoms with Crippen molar-refractivity contribution >= 4 is 5.97 Å². The molecule has 0 fully saturated rings. The van der Waals surface area contributed by atoms with Crippen molar-refractivity contribution in [2.75, 3.05) is 6.54 Å². The minimum atomic E-state index is -0.815. The summed E-state index contributed by atoms with van der Waals surface area (Å²) in [5, 5.41) is 12.0. The summed E-state index contributed by atoms with van der Waals surface area (Å²) in [7, 11) is 0. The number of benzene rings is 1. The Morgan fingerprint density at radius 1 is 1.38 bits per heavy atom. The van der Waals surface area contributed by atoms with E-state index in [4.69, 9.17) is 10.8 Å². The molecule has 0 unspecified atom stereocenters. The van der Waals surface area contributed by atoms with Crippen molar-refractivity contribution in [2.24, 2.45) is 5.73 Å². The largest absolute Gasteiger partial charge is 0.480 e. The lowest BCUT2D eigenvalue weighted by molar-refractivity contribution is -0.139. The first-order valence-corrected chi connectivity index (χ1v) is 5.44. The molecular weight excluding hydrogens is 204 g/mol. The lowest BCUT2D eigenvalue weighted by Crippen LogP contribution is -2.36. The van der Waals surface area contributed by atoms with Crippen molar-refractivity contribution in [2.45, 2.75) is 25.4 Å². The van der Waals surface area contributed by atoms with Crippen LogP contribution in [0.3, 0.4) is 0 Å². The number of hydrogen-bond donors (Lipinski definition) is 3. The van der Waals surface area contributed by atoms with Gasteiger partial charge in [-0.3, -0.25) is 4.79 Å². The highest BCUT2D eigenvalue weighted by Gasteiger charge is 2.15. The van der Waals surface area contributed by atoms with Gasteiger partial charge in [0.1, 0.15) is 6.04 Å². The Morgan fingerprint density at radius 2 is 2.06 bits per heavy atom. The third kappa shape index (κ3) is 4.42. The monoisotopic (exact) mass is 222 g/mol. The zero-order chi connectivity index (χ0) is 11.8. The molecule has 4 heteroatoms. The Labute approximate surface area is 95.5 Å². The normalized spacial score (nSPS) is 12.3. The average Bonchev–Trinajstić information content (AvgIpc) is 2.30. The van der Waals surface area contributed by atoms with Gasteiger partial charge in [0.15, 0.2) is 0 Å². The number of nitrogens with two attached hydrogens (primary N) is 1. The van der Waals surface area contributed by atoms with E-state index in [9.17, 15) is 4.79 Å². The van der Waals surface area contributed by atoms with E-state index in [0.29, 0.717) is 19.5 Å². The molecule has 0 radical (unpaired) electrons. The summed E-state index contributed by atoms with van der Waals surface area (Å²) in [6.07, 6.45) is 1.29.